The molecule has 1 heterocycles. The predicted octanol–water partition coefficient (Wildman–Crippen LogP) is 3.49. The molecule has 0 fully saturated rings. The predicted molar refractivity (Wildman–Crippen MR) is 131 cm³/mol. The molecular weight excluding hydrogens is 432 g/mol. The van der Waals surface area contributed by atoms with E-state index in [4.69, 9.17) is 4.74 Å². The van der Waals surface area contributed by atoms with Gasteiger partial charge in [0.25, 0.3) is 5.78 Å². The van der Waals surface area contributed by atoms with Crippen LogP contribution in [-0.2, 0) is 16.1 Å². The molecule has 0 atom stereocenters. The number of hydrazine groups is 1. The number of carbonyl (C=O) groups excluding carboxylic acids is 3. The molecular formula is C26H32N4O4. The van der Waals surface area contributed by atoms with Crippen molar-refractivity contribution in [2.75, 3.05) is 33.7 Å². The van der Waals surface area contributed by atoms with Crippen LogP contribution in [0.1, 0.15) is 36.2 Å². The fourth-order valence-corrected chi connectivity index (χ4v) is 3.92. The van der Waals surface area contributed by atoms with Gasteiger partial charge in [-0.15, -0.1) is 0 Å². The molecule has 0 bridgehead atoms. The number of ether oxygens (including phenoxy) is 1. The number of rotatable bonds is 11. The van der Waals surface area contributed by atoms with Crippen molar-refractivity contribution in [1.82, 2.24) is 19.9 Å². The van der Waals surface area contributed by atoms with Crippen molar-refractivity contribution in [3.63, 3.8) is 0 Å². The second kappa shape index (κ2) is 11.6. The first-order valence-corrected chi connectivity index (χ1v) is 11.4. The van der Waals surface area contributed by atoms with Crippen LogP contribution in [0.3, 0.4) is 0 Å². The van der Waals surface area contributed by atoms with Crippen LogP contribution in [0.2, 0.25) is 0 Å². The van der Waals surface area contributed by atoms with E-state index in [9.17, 15) is 14.4 Å². The lowest BCUT2D eigenvalue weighted by atomic mass is 10.1. The number of likely N-dealkylation sites (N-methyl/N-ethyl adjacent to an activating group) is 1. The van der Waals surface area contributed by atoms with E-state index in [0.717, 1.165) is 18.5 Å². The summed E-state index contributed by atoms with van der Waals surface area (Å²) in [7, 11) is 4.01. The summed E-state index contributed by atoms with van der Waals surface area (Å²) in [4.78, 5) is 43.5. The maximum absolute atomic E-state index is 13.5. The minimum atomic E-state index is -0.654. The van der Waals surface area contributed by atoms with Gasteiger partial charge in [0.1, 0.15) is 5.75 Å². The van der Waals surface area contributed by atoms with Gasteiger partial charge in [0.2, 0.25) is 0 Å². The molecule has 0 radical (unpaired) electrons. The van der Waals surface area contributed by atoms with Crippen LogP contribution in [0.15, 0.2) is 54.7 Å². The molecule has 0 aliphatic heterocycles. The molecule has 0 saturated carbocycles. The lowest BCUT2D eigenvalue weighted by Crippen LogP contribution is -2.49. The van der Waals surface area contributed by atoms with Crippen molar-refractivity contribution in [2.45, 2.75) is 26.8 Å². The molecule has 2 aromatic carbocycles. The van der Waals surface area contributed by atoms with E-state index in [1.165, 1.54) is 18.1 Å². The van der Waals surface area contributed by atoms with Gasteiger partial charge in [-0.2, -0.15) is 0 Å². The molecule has 1 N–H and O–H groups in total. The SMILES string of the molecule is CCN(C(=O)C(=O)c1c[nH]c2cccc(OC(C)=O)c12)N(CCCN(C)C)Cc1ccccc1. The number of nitrogens with one attached hydrogen (secondary N) is 1. The van der Waals surface area contributed by atoms with Gasteiger partial charge in [-0.1, -0.05) is 36.4 Å². The fourth-order valence-electron chi connectivity index (χ4n) is 3.92. The van der Waals surface area contributed by atoms with Crippen molar-refractivity contribution in [3.8, 4) is 5.75 Å². The van der Waals surface area contributed by atoms with Gasteiger partial charge < -0.3 is 14.6 Å². The average molecular weight is 465 g/mol. The Bertz CT molecular complexity index is 1140. The number of aromatic nitrogens is 1. The first kappa shape index (κ1) is 25.1. The molecule has 3 rings (SSSR count). The summed E-state index contributed by atoms with van der Waals surface area (Å²) in [5.41, 5.74) is 1.85. The first-order valence-electron chi connectivity index (χ1n) is 11.4. The Kier molecular flexibility index (Phi) is 8.56. The number of amides is 1. The number of Topliss-reactive ketones (excluding diaryl/α,β-unsaturated/α-hetero) is 1. The Morgan fingerprint density at radius 1 is 0.971 bits per heavy atom. The molecule has 1 amide bonds. The summed E-state index contributed by atoms with van der Waals surface area (Å²) in [5, 5.41) is 3.87. The van der Waals surface area contributed by atoms with Gasteiger partial charge in [0.05, 0.1) is 10.9 Å². The van der Waals surface area contributed by atoms with Crippen LogP contribution in [0.4, 0.5) is 0 Å². The quantitative estimate of drug-likeness (QED) is 0.154. The number of H-pyrrole nitrogens is 1. The molecule has 8 nitrogen and oxygen atoms in total. The van der Waals surface area contributed by atoms with Crippen molar-refractivity contribution in [1.29, 1.82) is 0 Å². The van der Waals surface area contributed by atoms with E-state index in [2.05, 4.69) is 9.88 Å². The maximum atomic E-state index is 13.5. The Labute approximate surface area is 200 Å². The molecule has 0 unspecified atom stereocenters. The highest BCUT2D eigenvalue weighted by molar-refractivity contribution is 6.45. The van der Waals surface area contributed by atoms with Crippen LogP contribution in [0.5, 0.6) is 5.75 Å². The van der Waals surface area contributed by atoms with Crippen molar-refractivity contribution in [3.05, 3.63) is 65.9 Å². The van der Waals surface area contributed by atoms with Gasteiger partial charge >= 0.3 is 11.9 Å². The second-order valence-electron chi connectivity index (χ2n) is 8.36. The molecule has 0 spiro atoms. The standard InChI is InChI=1S/C26H32N4O4/c1-5-30(29(16-10-15-28(3)4)18-20-11-7-6-8-12-20)26(33)25(32)21-17-27-22-13-9-14-23(24(21)22)34-19(2)31/h6-9,11-14,17,27H,5,10,15-16,18H2,1-4H3. The van der Waals surface area contributed by atoms with Gasteiger partial charge in [-0.05, 0) is 51.7 Å². The zero-order valence-corrected chi connectivity index (χ0v) is 20.2. The van der Waals surface area contributed by atoms with E-state index >= 15 is 0 Å². The third-order valence-corrected chi connectivity index (χ3v) is 5.46. The fraction of sp³-hybridized carbons (Fsp3) is 0.346. The van der Waals surface area contributed by atoms with Gasteiger partial charge in [0, 0.05) is 38.3 Å². The summed E-state index contributed by atoms with van der Waals surface area (Å²) < 4.78 is 5.29. The Balaban J connectivity index is 1.90. The second-order valence-corrected chi connectivity index (χ2v) is 8.36. The highest BCUT2D eigenvalue weighted by atomic mass is 16.5. The van der Waals surface area contributed by atoms with Crippen LogP contribution < -0.4 is 4.74 Å². The van der Waals surface area contributed by atoms with Crippen LogP contribution in [0.25, 0.3) is 10.9 Å². The largest absolute Gasteiger partial charge is 0.426 e. The van der Waals surface area contributed by atoms with Gasteiger partial charge in [-0.3, -0.25) is 19.4 Å². The molecule has 3 aromatic rings. The number of carbonyl (C=O) groups is 3. The van der Waals surface area contributed by atoms with E-state index < -0.39 is 17.7 Å². The molecule has 1 aromatic heterocycles. The Morgan fingerprint density at radius 2 is 1.71 bits per heavy atom. The Morgan fingerprint density at radius 3 is 2.35 bits per heavy atom. The highest BCUT2D eigenvalue weighted by Crippen LogP contribution is 2.29. The zero-order valence-electron chi connectivity index (χ0n) is 20.2. The monoisotopic (exact) mass is 464 g/mol. The van der Waals surface area contributed by atoms with E-state index in [1.54, 1.807) is 18.2 Å². The number of hydrogen-bond donors (Lipinski definition) is 1. The number of esters is 1. The molecule has 180 valence electrons. The highest BCUT2D eigenvalue weighted by Gasteiger charge is 2.29. The van der Waals surface area contributed by atoms with E-state index in [1.807, 2.05) is 56.4 Å². The third kappa shape index (κ3) is 6.09. The molecule has 0 saturated heterocycles. The van der Waals surface area contributed by atoms with E-state index in [-0.39, 0.29) is 11.3 Å². The normalized spacial score (nSPS) is 11.2. The van der Waals surface area contributed by atoms with Crippen molar-refractivity contribution >= 4 is 28.6 Å². The number of aromatic amines is 1. The van der Waals surface area contributed by atoms with Crippen LogP contribution in [-0.4, -0.2) is 71.3 Å². The van der Waals surface area contributed by atoms with Crippen molar-refractivity contribution < 1.29 is 19.1 Å². The Hall–Kier alpha value is -3.49. The summed E-state index contributed by atoms with van der Waals surface area (Å²) >= 11 is 0. The molecule has 0 aliphatic rings. The number of hydrogen-bond acceptors (Lipinski definition) is 6. The van der Waals surface area contributed by atoms with E-state index in [0.29, 0.717) is 30.5 Å². The van der Waals surface area contributed by atoms with Gasteiger partial charge in [-0.25, -0.2) is 5.01 Å². The smallest absolute Gasteiger partial charge is 0.309 e. The van der Waals surface area contributed by atoms with Crippen molar-refractivity contribution in [2.24, 2.45) is 0 Å². The summed E-state index contributed by atoms with van der Waals surface area (Å²) in [6.07, 6.45) is 2.33. The number of nitrogens with zero attached hydrogens (tertiary/aromatic N) is 3. The average Bonchev–Trinajstić information content (AvgIpc) is 3.24. The topological polar surface area (TPSA) is 85.9 Å². The van der Waals surface area contributed by atoms with Gasteiger partial charge in [0.15, 0.2) is 0 Å². The molecule has 0 aliphatic carbocycles. The zero-order chi connectivity index (χ0) is 24.7. The lowest BCUT2D eigenvalue weighted by Gasteiger charge is -2.34. The molecule has 34 heavy (non-hydrogen) atoms. The summed E-state index contributed by atoms with van der Waals surface area (Å²) in [5.74, 6) is -1.53. The lowest BCUT2D eigenvalue weighted by molar-refractivity contribution is -0.144. The summed E-state index contributed by atoms with van der Waals surface area (Å²) in [6.45, 7) is 5.48. The van der Waals surface area contributed by atoms with Crippen LogP contribution >= 0.6 is 0 Å². The minimum Gasteiger partial charge on any atom is -0.426 e. The number of ketones is 1. The third-order valence-electron chi connectivity index (χ3n) is 5.46. The van der Waals surface area contributed by atoms with Crippen LogP contribution in [0, 0.1) is 0 Å². The first-order chi connectivity index (χ1) is 16.3. The minimum absolute atomic E-state index is 0.184. The number of benzene rings is 2. The summed E-state index contributed by atoms with van der Waals surface area (Å²) in [6, 6.07) is 15.0. The maximum Gasteiger partial charge on any atom is 0.309 e. The number of fused-ring (bicyclic) bond motifs is 1. The molecule has 8 heteroatoms.